The van der Waals surface area contributed by atoms with Crippen molar-refractivity contribution in [3.8, 4) is 0 Å². The van der Waals surface area contributed by atoms with E-state index in [2.05, 4.69) is 37.4 Å². The summed E-state index contributed by atoms with van der Waals surface area (Å²) in [7, 11) is -2.80. The Kier molecular flexibility index (Phi) is 9.40. The van der Waals surface area contributed by atoms with E-state index in [4.69, 9.17) is 0 Å². The first-order valence-corrected chi connectivity index (χ1v) is 10.3. The molecule has 23 heavy (non-hydrogen) atoms. The van der Waals surface area contributed by atoms with E-state index < -0.39 is 9.84 Å². The van der Waals surface area contributed by atoms with Gasteiger partial charge in [0, 0.05) is 32.7 Å². The third kappa shape index (κ3) is 7.81. The van der Waals surface area contributed by atoms with E-state index in [9.17, 15) is 8.42 Å². The van der Waals surface area contributed by atoms with Crippen LogP contribution in [0.2, 0.25) is 0 Å². The summed E-state index contributed by atoms with van der Waals surface area (Å²) >= 11 is 1.68. The number of nitrogens with zero attached hydrogens (tertiary/aromatic N) is 2. The van der Waals surface area contributed by atoms with Gasteiger partial charge in [-0.2, -0.15) is 11.3 Å². The zero-order chi connectivity index (χ0) is 15.8. The molecule has 2 heterocycles. The molecule has 0 aliphatic carbocycles. The number of hydrogen-bond acceptors (Lipinski definition) is 5. The molecular formula is C14H25IN4O2S2. The van der Waals surface area contributed by atoms with Crippen molar-refractivity contribution >= 4 is 51.1 Å². The highest BCUT2D eigenvalue weighted by molar-refractivity contribution is 14.0. The van der Waals surface area contributed by atoms with E-state index in [0.717, 1.165) is 25.6 Å². The maximum atomic E-state index is 11.4. The molecule has 0 bridgehead atoms. The van der Waals surface area contributed by atoms with Gasteiger partial charge in [0.25, 0.3) is 0 Å². The summed E-state index contributed by atoms with van der Waals surface area (Å²) in [4.78, 5) is 6.73. The largest absolute Gasteiger partial charge is 0.357 e. The second kappa shape index (κ2) is 10.5. The first-order valence-electron chi connectivity index (χ1n) is 7.55. The van der Waals surface area contributed by atoms with Crippen molar-refractivity contribution in [1.29, 1.82) is 0 Å². The Morgan fingerprint density at radius 2 is 2.09 bits per heavy atom. The summed E-state index contributed by atoms with van der Waals surface area (Å²) in [6.07, 6.45) is 0. The summed E-state index contributed by atoms with van der Waals surface area (Å²) in [6, 6.07) is 2.08. The molecule has 132 valence electrons. The minimum absolute atomic E-state index is 0. The monoisotopic (exact) mass is 472 g/mol. The van der Waals surface area contributed by atoms with Crippen LogP contribution in [0.25, 0.3) is 0 Å². The summed E-state index contributed by atoms with van der Waals surface area (Å²) in [5, 5.41) is 10.7. The Labute approximate surface area is 159 Å². The molecule has 0 aromatic carbocycles. The average molecular weight is 472 g/mol. The van der Waals surface area contributed by atoms with Gasteiger partial charge in [-0.1, -0.05) is 0 Å². The van der Waals surface area contributed by atoms with E-state index >= 15 is 0 Å². The van der Waals surface area contributed by atoms with Crippen molar-refractivity contribution in [1.82, 2.24) is 15.5 Å². The average Bonchev–Trinajstić information content (AvgIpc) is 3.00. The molecule has 0 saturated carbocycles. The molecule has 1 aliphatic rings. The molecular weight excluding hydrogens is 447 g/mol. The van der Waals surface area contributed by atoms with Crippen LogP contribution in [-0.2, 0) is 16.4 Å². The maximum Gasteiger partial charge on any atom is 0.191 e. The number of guanidine groups is 1. The normalized spacial score (nSPS) is 18.2. The highest BCUT2D eigenvalue weighted by atomic mass is 127. The quantitative estimate of drug-likeness (QED) is 0.369. The van der Waals surface area contributed by atoms with Crippen molar-refractivity contribution in [3.63, 3.8) is 0 Å². The van der Waals surface area contributed by atoms with Gasteiger partial charge in [-0.05, 0) is 29.3 Å². The first kappa shape index (κ1) is 20.7. The molecule has 1 aromatic heterocycles. The van der Waals surface area contributed by atoms with Crippen molar-refractivity contribution in [2.75, 3.05) is 44.2 Å². The number of thiophene rings is 1. The molecule has 0 spiro atoms. The van der Waals surface area contributed by atoms with E-state index in [0.29, 0.717) is 19.6 Å². The summed E-state index contributed by atoms with van der Waals surface area (Å²) in [6.45, 7) is 6.38. The van der Waals surface area contributed by atoms with Crippen LogP contribution in [0.3, 0.4) is 0 Å². The minimum atomic E-state index is -2.80. The second-order valence-electron chi connectivity index (χ2n) is 5.25. The topological polar surface area (TPSA) is 73.8 Å². The summed E-state index contributed by atoms with van der Waals surface area (Å²) < 4.78 is 22.8. The molecule has 1 fully saturated rings. The standard InChI is InChI=1S/C14H24N4O2S2.HI/c1-2-15-14(17-11-13-3-8-21-12-13)16-4-5-18-6-9-22(19,20)10-7-18;/h3,8,12H,2,4-7,9-11H2,1H3,(H2,15,16,17);1H. The minimum Gasteiger partial charge on any atom is -0.357 e. The van der Waals surface area contributed by atoms with Crippen molar-refractivity contribution in [3.05, 3.63) is 22.4 Å². The maximum absolute atomic E-state index is 11.4. The van der Waals surface area contributed by atoms with E-state index in [1.807, 2.05) is 6.92 Å². The van der Waals surface area contributed by atoms with Gasteiger partial charge < -0.3 is 10.6 Å². The number of aliphatic imine (C=N–C) groups is 1. The van der Waals surface area contributed by atoms with Crippen LogP contribution in [0.4, 0.5) is 0 Å². The van der Waals surface area contributed by atoms with Crippen LogP contribution in [0, 0.1) is 0 Å². The molecule has 6 nitrogen and oxygen atoms in total. The van der Waals surface area contributed by atoms with E-state index in [-0.39, 0.29) is 35.5 Å². The molecule has 0 amide bonds. The van der Waals surface area contributed by atoms with Gasteiger partial charge in [-0.15, -0.1) is 24.0 Å². The lowest BCUT2D eigenvalue weighted by Gasteiger charge is -2.26. The van der Waals surface area contributed by atoms with Gasteiger partial charge in [0.05, 0.1) is 18.1 Å². The Balaban J connectivity index is 0.00000264. The van der Waals surface area contributed by atoms with Gasteiger partial charge in [0.1, 0.15) is 0 Å². The first-order chi connectivity index (χ1) is 10.6. The third-order valence-electron chi connectivity index (χ3n) is 3.50. The van der Waals surface area contributed by atoms with Crippen molar-refractivity contribution < 1.29 is 8.42 Å². The molecule has 9 heteroatoms. The van der Waals surface area contributed by atoms with Crippen molar-refractivity contribution in [2.24, 2.45) is 4.99 Å². The zero-order valence-corrected chi connectivity index (χ0v) is 17.3. The smallest absolute Gasteiger partial charge is 0.191 e. The van der Waals surface area contributed by atoms with Crippen LogP contribution in [0.1, 0.15) is 12.5 Å². The molecule has 0 atom stereocenters. The van der Waals surface area contributed by atoms with Gasteiger partial charge in [0.2, 0.25) is 0 Å². The number of hydrogen-bond donors (Lipinski definition) is 2. The van der Waals surface area contributed by atoms with Crippen LogP contribution in [0.15, 0.2) is 21.8 Å². The Morgan fingerprint density at radius 1 is 1.35 bits per heavy atom. The molecule has 1 aromatic rings. The molecule has 1 saturated heterocycles. The lowest BCUT2D eigenvalue weighted by Crippen LogP contribution is -2.45. The highest BCUT2D eigenvalue weighted by Crippen LogP contribution is 2.06. The second-order valence-corrected chi connectivity index (χ2v) is 8.33. The Hall–Kier alpha value is -0.390. The van der Waals surface area contributed by atoms with Crippen LogP contribution in [-0.4, -0.2) is 63.5 Å². The highest BCUT2D eigenvalue weighted by Gasteiger charge is 2.20. The van der Waals surface area contributed by atoms with Gasteiger partial charge in [0.15, 0.2) is 15.8 Å². The summed E-state index contributed by atoms with van der Waals surface area (Å²) in [5.74, 6) is 1.36. The fourth-order valence-electron chi connectivity index (χ4n) is 2.20. The van der Waals surface area contributed by atoms with Gasteiger partial charge in [-0.3, -0.25) is 4.90 Å². The lowest BCUT2D eigenvalue weighted by molar-refractivity contribution is 0.299. The molecule has 0 radical (unpaired) electrons. The number of nitrogens with one attached hydrogen (secondary N) is 2. The van der Waals surface area contributed by atoms with Crippen LogP contribution >= 0.6 is 35.3 Å². The fraction of sp³-hybridized carbons (Fsp3) is 0.643. The predicted molar refractivity (Wildman–Crippen MR) is 108 cm³/mol. The SMILES string of the molecule is CCNC(=NCc1ccsc1)NCCN1CCS(=O)(=O)CC1.I. The molecule has 0 unspecified atom stereocenters. The lowest BCUT2D eigenvalue weighted by atomic mass is 10.3. The molecule has 2 rings (SSSR count). The number of sulfone groups is 1. The zero-order valence-electron chi connectivity index (χ0n) is 13.3. The van der Waals surface area contributed by atoms with Crippen LogP contribution < -0.4 is 10.6 Å². The van der Waals surface area contributed by atoms with E-state index in [1.165, 1.54) is 5.56 Å². The summed E-state index contributed by atoms with van der Waals surface area (Å²) in [5.41, 5.74) is 1.21. The Bertz CT molecular complexity index is 562. The molecule has 2 N–H and O–H groups in total. The number of halogens is 1. The van der Waals surface area contributed by atoms with Gasteiger partial charge in [-0.25, -0.2) is 13.4 Å². The van der Waals surface area contributed by atoms with Crippen LogP contribution in [0.5, 0.6) is 0 Å². The van der Waals surface area contributed by atoms with E-state index in [1.54, 1.807) is 11.3 Å². The Morgan fingerprint density at radius 3 is 2.70 bits per heavy atom. The molecule has 1 aliphatic heterocycles. The van der Waals surface area contributed by atoms with Gasteiger partial charge >= 0.3 is 0 Å². The van der Waals surface area contributed by atoms with Crippen molar-refractivity contribution in [2.45, 2.75) is 13.5 Å². The fourth-order valence-corrected chi connectivity index (χ4v) is 4.14. The third-order valence-corrected chi connectivity index (χ3v) is 5.84. The predicted octanol–water partition coefficient (Wildman–Crippen LogP) is 1.15. The number of rotatable bonds is 6.